The molecule has 2 fully saturated rings. The van der Waals surface area contributed by atoms with Crippen LogP contribution in [0, 0.1) is 0 Å². The van der Waals surface area contributed by atoms with Crippen molar-refractivity contribution in [3.63, 3.8) is 0 Å². The predicted octanol–water partition coefficient (Wildman–Crippen LogP) is 0.448. The number of fused-ring (bicyclic) bond motifs is 1. The second-order valence-corrected chi connectivity index (χ2v) is 5.35. The lowest BCUT2D eigenvalue weighted by Gasteiger charge is -2.22. The van der Waals surface area contributed by atoms with Gasteiger partial charge >= 0.3 is 0 Å². The summed E-state index contributed by atoms with van der Waals surface area (Å²) < 4.78 is 17.6. The molecule has 2 heterocycles. The number of nitrogens with two attached hydrogens (primary N) is 1. The van der Waals surface area contributed by atoms with Crippen molar-refractivity contribution in [2.75, 3.05) is 13.2 Å². The summed E-state index contributed by atoms with van der Waals surface area (Å²) in [4.78, 5) is 0. The van der Waals surface area contributed by atoms with Gasteiger partial charge in [0.25, 0.3) is 0 Å². The van der Waals surface area contributed by atoms with Crippen LogP contribution in [0.2, 0.25) is 0 Å². The number of ether oxygens (including phenoxy) is 3. The summed E-state index contributed by atoms with van der Waals surface area (Å²) in [6.07, 6.45) is 0.135. The minimum Gasteiger partial charge on any atom is -0.394 e. The molecule has 2 aliphatic rings. The molecule has 0 bridgehead atoms. The van der Waals surface area contributed by atoms with E-state index in [0.717, 1.165) is 12.0 Å². The summed E-state index contributed by atoms with van der Waals surface area (Å²) in [5.74, 6) is 0. The van der Waals surface area contributed by atoms with E-state index in [9.17, 15) is 5.11 Å². The van der Waals surface area contributed by atoms with Crippen LogP contribution >= 0.6 is 0 Å². The molecule has 20 heavy (non-hydrogen) atoms. The van der Waals surface area contributed by atoms with Gasteiger partial charge in [0.2, 0.25) is 0 Å². The van der Waals surface area contributed by atoms with Gasteiger partial charge in [0.15, 0.2) is 0 Å². The highest BCUT2D eigenvalue weighted by molar-refractivity contribution is 5.13. The molecular weight excluding hydrogens is 258 g/mol. The van der Waals surface area contributed by atoms with E-state index in [1.54, 1.807) is 0 Å². The van der Waals surface area contributed by atoms with E-state index < -0.39 is 0 Å². The van der Waals surface area contributed by atoms with Gasteiger partial charge in [0, 0.05) is 13.0 Å². The maximum atomic E-state index is 9.43. The Kier molecular flexibility index (Phi) is 4.33. The van der Waals surface area contributed by atoms with Gasteiger partial charge in [-0.2, -0.15) is 0 Å². The predicted molar refractivity (Wildman–Crippen MR) is 73.1 cm³/mol. The van der Waals surface area contributed by atoms with Gasteiger partial charge in [0.05, 0.1) is 25.4 Å². The Morgan fingerprint density at radius 2 is 2.05 bits per heavy atom. The summed E-state index contributed by atoms with van der Waals surface area (Å²) in [6.45, 7) is 0.930. The molecule has 3 N–H and O–H groups in total. The molecule has 5 heteroatoms. The Hall–Kier alpha value is -0.980. The van der Waals surface area contributed by atoms with Crippen molar-refractivity contribution in [2.45, 2.75) is 43.5 Å². The molecule has 0 saturated carbocycles. The zero-order valence-corrected chi connectivity index (χ0v) is 11.4. The monoisotopic (exact) mass is 279 g/mol. The first kappa shape index (κ1) is 14.0. The van der Waals surface area contributed by atoms with Gasteiger partial charge in [0.1, 0.15) is 18.3 Å². The Bertz CT molecular complexity index is 427. The van der Waals surface area contributed by atoms with Crippen LogP contribution in [0.5, 0.6) is 0 Å². The van der Waals surface area contributed by atoms with Crippen LogP contribution in [0.25, 0.3) is 0 Å². The van der Waals surface area contributed by atoms with Gasteiger partial charge in [-0.3, -0.25) is 0 Å². The van der Waals surface area contributed by atoms with Crippen molar-refractivity contribution in [3.8, 4) is 0 Å². The molecule has 5 unspecified atom stereocenters. The zero-order chi connectivity index (χ0) is 13.9. The molecule has 0 spiro atoms. The van der Waals surface area contributed by atoms with Crippen molar-refractivity contribution < 1.29 is 19.3 Å². The maximum absolute atomic E-state index is 9.43. The second kappa shape index (κ2) is 6.20. The van der Waals surface area contributed by atoms with Crippen LogP contribution in [0.1, 0.15) is 12.0 Å². The van der Waals surface area contributed by atoms with Crippen LogP contribution in [-0.2, 0) is 20.8 Å². The van der Waals surface area contributed by atoms with Crippen LogP contribution in [0.3, 0.4) is 0 Å². The zero-order valence-electron chi connectivity index (χ0n) is 11.4. The lowest BCUT2D eigenvalue weighted by molar-refractivity contribution is -0.0903. The fourth-order valence-corrected chi connectivity index (χ4v) is 2.96. The molecular formula is C15H21NO4. The molecule has 1 aromatic rings. The topological polar surface area (TPSA) is 73.9 Å². The van der Waals surface area contributed by atoms with E-state index >= 15 is 0 Å². The molecule has 3 rings (SSSR count). The molecule has 5 atom stereocenters. The van der Waals surface area contributed by atoms with Gasteiger partial charge in [-0.1, -0.05) is 30.3 Å². The van der Waals surface area contributed by atoms with Gasteiger partial charge in [-0.25, -0.2) is 0 Å². The van der Waals surface area contributed by atoms with Crippen LogP contribution in [-0.4, -0.2) is 48.8 Å². The molecule has 0 aromatic heterocycles. The number of hydrogen-bond donors (Lipinski definition) is 2. The number of aliphatic hydroxyl groups is 1. The smallest absolute Gasteiger partial charge is 0.115 e. The summed E-state index contributed by atoms with van der Waals surface area (Å²) in [5, 5.41) is 9.43. The average molecular weight is 279 g/mol. The maximum Gasteiger partial charge on any atom is 0.115 e. The van der Waals surface area contributed by atoms with Crippen molar-refractivity contribution in [1.82, 2.24) is 0 Å². The van der Waals surface area contributed by atoms with E-state index in [-0.39, 0.29) is 37.1 Å². The number of benzene rings is 1. The lowest BCUT2D eigenvalue weighted by atomic mass is 10.1. The third-order valence-corrected chi connectivity index (χ3v) is 3.98. The normalized spacial score (nSPS) is 36.2. The summed E-state index contributed by atoms with van der Waals surface area (Å²) in [7, 11) is 0. The molecule has 0 radical (unpaired) electrons. The van der Waals surface area contributed by atoms with Crippen LogP contribution < -0.4 is 5.73 Å². The van der Waals surface area contributed by atoms with Crippen molar-refractivity contribution in [3.05, 3.63) is 35.9 Å². The highest BCUT2D eigenvalue weighted by atomic mass is 16.6. The van der Waals surface area contributed by atoms with Gasteiger partial charge in [-0.15, -0.1) is 0 Å². The van der Waals surface area contributed by atoms with E-state index in [0.29, 0.717) is 13.2 Å². The highest BCUT2D eigenvalue weighted by Gasteiger charge is 2.51. The summed E-state index contributed by atoms with van der Waals surface area (Å²) in [5.41, 5.74) is 6.74. The SMILES string of the molecule is NCC1CC2OC(CO)C(OCc3ccccc3)C2O1. The quantitative estimate of drug-likeness (QED) is 0.818. The van der Waals surface area contributed by atoms with Crippen molar-refractivity contribution in [2.24, 2.45) is 5.73 Å². The Morgan fingerprint density at radius 3 is 2.75 bits per heavy atom. The van der Waals surface area contributed by atoms with E-state index in [2.05, 4.69) is 0 Å². The fraction of sp³-hybridized carbons (Fsp3) is 0.600. The Balaban J connectivity index is 1.63. The largest absolute Gasteiger partial charge is 0.394 e. The molecule has 110 valence electrons. The Labute approximate surface area is 118 Å². The van der Waals surface area contributed by atoms with Crippen molar-refractivity contribution >= 4 is 0 Å². The molecule has 0 amide bonds. The number of aliphatic hydroxyl groups excluding tert-OH is 1. The minimum atomic E-state index is -0.313. The van der Waals surface area contributed by atoms with Gasteiger partial charge in [-0.05, 0) is 5.56 Å². The third-order valence-electron chi connectivity index (χ3n) is 3.98. The average Bonchev–Trinajstić information content (AvgIpc) is 3.03. The van der Waals surface area contributed by atoms with Crippen LogP contribution in [0.15, 0.2) is 30.3 Å². The summed E-state index contributed by atoms with van der Waals surface area (Å²) in [6, 6.07) is 9.96. The molecule has 2 aliphatic heterocycles. The standard InChI is InChI=1S/C15H21NO4/c16-7-11-6-12-15(19-11)14(13(8-17)20-12)18-9-10-4-2-1-3-5-10/h1-5,11-15,17H,6-9,16H2. The highest BCUT2D eigenvalue weighted by Crippen LogP contribution is 2.35. The molecule has 1 aromatic carbocycles. The van der Waals surface area contributed by atoms with Gasteiger partial charge < -0.3 is 25.1 Å². The fourth-order valence-electron chi connectivity index (χ4n) is 2.96. The number of rotatable bonds is 5. The first-order chi connectivity index (χ1) is 9.81. The Morgan fingerprint density at radius 1 is 1.25 bits per heavy atom. The summed E-state index contributed by atoms with van der Waals surface area (Å²) >= 11 is 0. The first-order valence-corrected chi connectivity index (χ1v) is 7.09. The number of hydrogen-bond acceptors (Lipinski definition) is 5. The molecule has 5 nitrogen and oxygen atoms in total. The lowest BCUT2D eigenvalue weighted by Crippen LogP contribution is -2.37. The minimum absolute atomic E-state index is 0.0125. The third kappa shape index (κ3) is 2.73. The van der Waals surface area contributed by atoms with E-state index in [1.165, 1.54) is 0 Å². The molecule has 2 saturated heterocycles. The first-order valence-electron chi connectivity index (χ1n) is 7.09. The van der Waals surface area contributed by atoms with Crippen LogP contribution in [0.4, 0.5) is 0 Å². The van der Waals surface area contributed by atoms with Crippen molar-refractivity contribution in [1.29, 1.82) is 0 Å². The molecule has 0 aliphatic carbocycles. The van der Waals surface area contributed by atoms with E-state index in [4.69, 9.17) is 19.9 Å². The second-order valence-electron chi connectivity index (χ2n) is 5.35. The van der Waals surface area contributed by atoms with E-state index in [1.807, 2.05) is 30.3 Å².